The molecule has 1 aromatic rings. The molecule has 24 heavy (non-hydrogen) atoms. The number of amides is 1. The van der Waals surface area contributed by atoms with Crippen LogP contribution in [0, 0.1) is 11.7 Å². The van der Waals surface area contributed by atoms with Gasteiger partial charge in [-0.1, -0.05) is 19.1 Å². The normalized spacial score (nSPS) is 24.8. The second-order valence-corrected chi connectivity index (χ2v) is 7.31. The molecule has 2 saturated heterocycles. The minimum absolute atomic E-state index is 0.169. The van der Waals surface area contributed by atoms with E-state index < -0.39 is 0 Å². The molecule has 1 N–H and O–H groups in total. The smallest absolute Gasteiger partial charge is 0.244 e. The third kappa shape index (κ3) is 3.95. The van der Waals surface area contributed by atoms with E-state index in [1.54, 1.807) is 12.1 Å². The lowest BCUT2D eigenvalue weighted by Gasteiger charge is -2.40. The number of nitrogens with zero attached hydrogens (tertiary/aromatic N) is 2. The Balaban J connectivity index is 1.83. The van der Waals surface area contributed by atoms with E-state index in [0.29, 0.717) is 12.0 Å². The number of hydrogen-bond acceptors (Lipinski definition) is 3. The first-order valence-corrected chi connectivity index (χ1v) is 9.06. The Labute approximate surface area is 144 Å². The molecule has 2 aliphatic rings. The van der Waals surface area contributed by atoms with Crippen LogP contribution in [0.3, 0.4) is 0 Å². The molecule has 5 heteroatoms. The van der Waals surface area contributed by atoms with Crippen LogP contribution >= 0.6 is 0 Å². The molecule has 0 saturated carbocycles. The molecule has 0 spiro atoms. The van der Waals surface area contributed by atoms with Gasteiger partial charge in [-0.05, 0) is 43.4 Å². The number of carbonyl (C=O) groups excluding carboxylic acids is 1. The summed E-state index contributed by atoms with van der Waals surface area (Å²) in [5.74, 6) is 0.602. The Kier molecular flexibility index (Phi) is 5.51. The molecule has 0 radical (unpaired) electrons. The molecular weight excluding hydrogens is 305 g/mol. The number of carbonyl (C=O) groups is 1. The van der Waals surface area contributed by atoms with Gasteiger partial charge in [-0.25, -0.2) is 4.39 Å². The largest absolute Gasteiger partial charge is 0.341 e. The molecule has 2 heterocycles. The van der Waals surface area contributed by atoms with Gasteiger partial charge < -0.3 is 10.2 Å². The second kappa shape index (κ2) is 7.62. The Morgan fingerprint density at radius 2 is 1.83 bits per heavy atom. The van der Waals surface area contributed by atoms with Crippen LogP contribution in [-0.2, 0) is 4.79 Å². The van der Waals surface area contributed by atoms with Crippen LogP contribution in [0.15, 0.2) is 24.3 Å². The number of benzene rings is 1. The maximum absolute atomic E-state index is 13.3. The van der Waals surface area contributed by atoms with E-state index in [-0.39, 0.29) is 17.8 Å². The number of piperidine rings is 1. The van der Waals surface area contributed by atoms with Crippen LogP contribution in [0.25, 0.3) is 0 Å². The average Bonchev–Trinajstić information content (AvgIpc) is 2.57. The van der Waals surface area contributed by atoms with E-state index >= 15 is 0 Å². The maximum atomic E-state index is 13.3. The fourth-order valence-electron chi connectivity index (χ4n) is 3.75. The molecule has 0 bridgehead atoms. The van der Waals surface area contributed by atoms with Crippen LogP contribution < -0.4 is 5.32 Å². The first-order chi connectivity index (χ1) is 11.5. The van der Waals surface area contributed by atoms with Gasteiger partial charge in [0.05, 0.1) is 0 Å². The van der Waals surface area contributed by atoms with Crippen molar-refractivity contribution in [3.63, 3.8) is 0 Å². The molecule has 0 aliphatic carbocycles. The van der Waals surface area contributed by atoms with Gasteiger partial charge in [-0.2, -0.15) is 0 Å². The van der Waals surface area contributed by atoms with Crippen LogP contribution in [-0.4, -0.2) is 54.5 Å². The molecule has 3 rings (SSSR count). The summed E-state index contributed by atoms with van der Waals surface area (Å²) in [6.45, 7) is 8.60. The fraction of sp³-hybridized carbons (Fsp3) is 0.632. The highest BCUT2D eigenvalue weighted by Crippen LogP contribution is 2.27. The summed E-state index contributed by atoms with van der Waals surface area (Å²) in [5.41, 5.74) is 0.897. The number of nitrogens with one attached hydrogen (secondary N) is 1. The lowest BCUT2D eigenvalue weighted by molar-refractivity contribution is -0.139. The average molecular weight is 333 g/mol. The van der Waals surface area contributed by atoms with Crippen molar-refractivity contribution in [1.29, 1.82) is 0 Å². The lowest BCUT2D eigenvalue weighted by Crippen LogP contribution is -2.54. The number of hydrogen-bond donors (Lipinski definition) is 1. The van der Waals surface area contributed by atoms with E-state index in [0.717, 1.165) is 51.1 Å². The van der Waals surface area contributed by atoms with Crippen molar-refractivity contribution < 1.29 is 9.18 Å². The van der Waals surface area contributed by atoms with Gasteiger partial charge in [0.1, 0.15) is 11.9 Å². The predicted octanol–water partition coefficient (Wildman–Crippen LogP) is 2.42. The number of likely N-dealkylation sites (tertiary alicyclic amines) is 1. The zero-order chi connectivity index (χ0) is 17.1. The third-order valence-corrected chi connectivity index (χ3v) is 5.28. The van der Waals surface area contributed by atoms with Crippen molar-refractivity contribution in [3.05, 3.63) is 35.6 Å². The minimum atomic E-state index is -0.302. The summed E-state index contributed by atoms with van der Waals surface area (Å²) in [6, 6.07) is 6.49. The van der Waals surface area contributed by atoms with Crippen molar-refractivity contribution in [2.45, 2.75) is 38.8 Å². The highest BCUT2D eigenvalue weighted by Gasteiger charge is 2.34. The molecular formula is C19H28FN3O. The van der Waals surface area contributed by atoms with Crippen LogP contribution in [0.1, 0.15) is 38.3 Å². The van der Waals surface area contributed by atoms with Gasteiger partial charge >= 0.3 is 0 Å². The molecule has 1 amide bonds. The molecule has 2 aliphatic heterocycles. The van der Waals surface area contributed by atoms with Crippen LogP contribution in [0.5, 0.6) is 0 Å². The first-order valence-electron chi connectivity index (χ1n) is 9.06. The highest BCUT2D eigenvalue weighted by molar-refractivity contribution is 5.83. The van der Waals surface area contributed by atoms with Crippen molar-refractivity contribution in [1.82, 2.24) is 15.1 Å². The number of halogens is 1. The van der Waals surface area contributed by atoms with E-state index in [1.807, 2.05) is 4.90 Å². The monoisotopic (exact) mass is 333 g/mol. The maximum Gasteiger partial charge on any atom is 0.244 e. The Morgan fingerprint density at radius 1 is 1.17 bits per heavy atom. The highest BCUT2D eigenvalue weighted by atomic mass is 19.1. The molecule has 4 nitrogen and oxygen atoms in total. The van der Waals surface area contributed by atoms with E-state index in [2.05, 4.69) is 24.1 Å². The van der Waals surface area contributed by atoms with E-state index in [1.165, 1.54) is 12.1 Å². The summed E-state index contributed by atoms with van der Waals surface area (Å²) in [5, 5.41) is 3.43. The number of rotatable bonds is 3. The SMILES string of the molecule is CC1CCN(C(=O)C(c2ccc(F)cc2)N2CCNC(C)C2)CC1. The quantitative estimate of drug-likeness (QED) is 0.923. The zero-order valence-electron chi connectivity index (χ0n) is 14.7. The van der Waals surface area contributed by atoms with Gasteiger partial charge in [0.25, 0.3) is 0 Å². The molecule has 132 valence electrons. The van der Waals surface area contributed by atoms with E-state index in [4.69, 9.17) is 0 Å². The van der Waals surface area contributed by atoms with Crippen molar-refractivity contribution >= 4 is 5.91 Å². The standard InChI is InChI=1S/C19H28FN3O/c1-14-7-10-22(11-8-14)19(24)18(16-3-5-17(20)6-4-16)23-12-9-21-15(2)13-23/h3-6,14-15,18,21H,7-13H2,1-2H3. The molecule has 0 aromatic heterocycles. The van der Waals surface area contributed by atoms with Crippen LogP contribution in [0.4, 0.5) is 4.39 Å². The molecule has 2 unspecified atom stereocenters. The zero-order valence-corrected chi connectivity index (χ0v) is 14.7. The Morgan fingerprint density at radius 3 is 2.46 bits per heavy atom. The summed E-state index contributed by atoms with van der Waals surface area (Å²) in [7, 11) is 0. The third-order valence-electron chi connectivity index (χ3n) is 5.28. The molecule has 1 aromatic carbocycles. The van der Waals surface area contributed by atoms with Crippen LogP contribution in [0.2, 0.25) is 0 Å². The van der Waals surface area contributed by atoms with Crippen molar-refractivity contribution in [2.24, 2.45) is 5.92 Å². The van der Waals surface area contributed by atoms with Crippen molar-refractivity contribution in [3.8, 4) is 0 Å². The second-order valence-electron chi connectivity index (χ2n) is 7.31. The number of piperazine rings is 1. The van der Waals surface area contributed by atoms with Crippen molar-refractivity contribution in [2.75, 3.05) is 32.7 Å². The van der Waals surface area contributed by atoms with Gasteiger partial charge in [-0.15, -0.1) is 0 Å². The summed E-state index contributed by atoms with van der Waals surface area (Å²) in [6.07, 6.45) is 2.14. The topological polar surface area (TPSA) is 35.6 Å². The Hall–Kier alpha value is -1.46. The summed E-state index contributed by atoms with van der Waals surface area (Å²) in [4.78, 5) is 17.5. The molecule has 2 fully saturated rings. The van der Waals surface area contributed by atoms with Gasteiger partial charge in [0.2, 0.25) is 5.91 Å². The van der Waals surface area contributed by atoms with E-state index in [9.17, 15) is 9.18 Å². The Bertz CT molecular complexity index is 554. The van der Waals surface area contributed by atoms with Gasteiger partial charge in [0, 0.05) is 38.8 Å². The minimum Gasteiger partial charge on any atom is -0.341 e. The summed E-state index contributed by atoms with van der Waals surface area (Å²) < 4.78 is 13.3. The molecule has 2 atom stereocenters. The fourth-order valence-corrected chi connectivity index (χ4v) is 3.75. The first kappa shape index (κ1) is 17.4. The summed E-state index contributed by atoms with van der Waals surface area (Å²) >= 11 is 0. The van der Waals surface area contributed by atoms with Gasteiger partial charge in [-0.3, -0.25) is 9.69 Å². The predicted molar refractivity (Wildman–Crippen MR) is 93.2 cm³/mol. The van der Waals surface area contributed by atoms with Gasteiger partial charge in [0.15, 0.2) is 0 Å². The lowest BCUT2D eigenvalue weighted by atomic mass is 9.96.